The molecular weight excluding hydrogens is 194 g/mol. The van der Waals surface area contributed by atoms with Crippen LogP contribution in [0.4, 0.5) is 0 Å². The Balaban J connectivity index is 2.69. The van der Waals surface area contributed by atoms with Crippen molar-refractivity contribution < 1.29 is 15.0 Å². The van der Waals surface area contributed by atoms with E-state index in [-0.39, 0.29) is 0 Å². The molecule has 0 radical (unpaired) electrons. The van der Waals surface area contributed by atoms with Crippen LogP contribution in [-0.2, 0) is 4.79 Å². The van der Waals surface area contributed by atoms with Crippen molar-refractivity contribution in [1.82, 2.24) is 4.90 Å². The Kier molecular flexibility index (Phi) is 4.11. The first-order valence-corrected chi connectivity index (χ1v) is 5.67. The van der Waals surface area contributed by atoms with Gasteiger partial charge in [0.1, 0.15) is 5.54 Å². The molecule has 4 nitrogen and oxygen atoms in total. The number of carboxylic acid groups (broad SMARTS) is 1. The summed E-state index contributed by atoms with van der Waals surface area (Å²) in [6.07, 6.45) is 2.92. The zero-order valence-electron chi connectivity index (χ0n) is 9.57. The lowest BCUT2D eigenvalue weighted by atomic mass is 9.88. The molecule has 1 heterocycles. The number of rotatable bonds is 4. The van der Waals surface area contributed by atoms with Gasteiger partial charge in [-0.25, -0.2) is 0 Å². The first-order chi connectivity index (χ1) is 7.00. The minimum absolute atomic E-state index is 0.415. The molecule has 2 unspecified atom stereocenters. The van der Waals surface area contributed by atoms with Gasteiger partial charge in [-0.05, 0) is 39.2 Å². The van der Waals surface area contributed by atoms with Gasteiger partial charge in [-0.2, -0.15) is 0 Å². The molecule has 4 heteroatoms. The molecular formula is C11H21NO3. The average molecular weight is 215 g/mol. The molecule has 0 bridgehead atoms. The largest absolute Gasteiger partial charge is 0.480 e. The van der Waals surface area contributed by atoms with Gasteiger partial charge in [0.2, 0.25) is 0 Å². The van der Waals surface area contributed by atoms with Crippen LogP contribution in [0.1, 0.15) is 39.5 Å². The number of carbonyl (C=O) groups is 1. The predicted octanol–water partition coefficient (Wildman–Crippen LogP) is 1.09. The Bertz CT molecular complexity index is 232. The molecule has 88 valence electrons. The number of piperidine rings is 1. The highest BCUT2D eigenvalue weighted by Gasteiger charge is 2.41. The molecule has 2 atom stereocenters. The molecule has 0 aromatic rings. The van der Waals surface area contributed by atoms with Gasteiger partial charge in [0.25, 0.3) is 0 Å². The zero-order valence-corrected chi connectivity index (χ0v) is 9.57. The quantitative estimate of drug-likeness (QED) is 0.737. The monoisotopic (exact) mass is 215 g/mol. The van der Waals surface area contributed by atoms with Gasteiger partial charge in [0.05, 0.1) is 6.10 Å². The summed E-state index contributed by atoms with van der Waals surface area (Å²) in [5.74, 6) is -0.773. The third-order valence-corrected chi connectivity index (χ3v) is 3.40. The van der Waals surface area contributed by atoms with E-state index in [1.54, 1.807) is 6.92 Å². The molecule has 1 aliphatic heterocycles. The lowest BCUT2D eigenvalue weighted by Gasteiger charge is -2.42. The Morgan fingerprint density at radius 3 is 2.73 bits per heavy atom. The third-order valence-electron chi connectivity index (χ3n) is 3.40. The fourth-order valence-electron chi connectivity index (χ4n) is 2.10. The summed E-state index contributed by atoms with van der Waals surface area (Å²) in [4.78, 5) is 13.1. The number of β-amino-alcohol motifs (C(OH)–C–C–N with tert-alkyl or cyclic N) is 1. The van der Waals surface area contributed by atoms with Gasteiger partial charge in [-0.1, -0.05) is 6.92 Å². The van der Waals surface area contributed by atoms with Crippen LogP contribution in [0.3, 0.4) is 0 Å². The fraction of sp³-hybridized carbons (Fsp3) is 0.909. The van der Waals surface area contributed by atoms with Crippen LogP contribution in [0.15, 0.2) is 0 Å². The molecule has 0 spiro atoms. The number of likely N-dealkylation sites (tertiary alicyclic amines) is 1. The lowest BCUT2D eigenvalue weighted by molar-refractivity contribution is -0.154. The van der Waals surface area contributed by atoms with E-state index in [9.17, 15) is 15.0 Å². The van der Waals surface area contributed by atoms with Crippen LogP contribution in [0.2, 0.25) is 0 Å². The second-order valence-electron chi connectivity index (χ2n) is 4.54. The smallest absolute Gasteiger partial charge is 0.323 e. The minimum atomic E-state index is -0.783. The van der Waals surface area contributed by atoms with E-state index in [0.29, 0.717) is 19.4 Å². The van der Waals surface area contributed by atoms with Gasteiger partial charge in [-0.15, -0.1) is 0 Å². The molecule has 1 rings (SSSR count). The average Bonchev–Trinajstić information content (AvgIpc) is 2.21. The van der Waals surface area contributed by atoms with E-state index < -0.39 is 17.6 Å². The summed E-state index contributed by atoms with van der Waals surface area (Å²) in [6, 6.07) is 0. The Labute approximate surface area is 90.9 Å². The number of hydrogen-bond acceptors (Lipinski definition) is 3. The second-order valence-corrected chi connectivity index (χ2v) is 4.54. The molecule has 0 amide bonds. The maximum atomic E-state index is 11.2. The third kappa shape index (κ3) is 2.69. The Morgan fingerprint density at radius 2 is 2.20 bits per heavy atom. The lowest BCUT2D eigenvalue weighted by Crippen LogP contribution is -2.57. The van der Waals surface area contributed by atoms with E-state index in [1.807, 2.05) is 11.8 Å². The van der Waals surface area contributed by atoms with Crippen molar-refractivity contribution in [3.63, 3.8) is 0 Å². The molecule has 2 N–H and O–H groups in total. The van der Waals surface area contributed by atoms with Crippen molar-refractivity contribution in [1.29, 1.82) is 0 Å². The number of aliphatic hydroxyl groups excluding tert-OH is 1. The molecule has 1 fully saturated rings. The van der Waals surface area contributed by atoms with Crippen LogP contribution in [-0.4, -0.2) is 45.8 Å². The van der Waals surface area contributed by atoms with E-state index >= 15 is 0 Å². The van der Waals surface area contributed by atoms with Crippen LogP contribution in [0, 0.1) is 0 Å². The second kappa shape index (κ2) is 4.94. The topological polar surface area (TPSA) is 60.8 Å². The Hall–Kier alpha value is -0.610. The maximum absolute atomic E-state index is 11.2. The first kappa shape index (κ1) is 12.5. The van der Waals surface area contributed by atoms with Gasteiger partial charge in [-0.3, -0.25) is 9.69 Å². The highest BCUT2D eigenvalue weighted by Crippen LogP contribution is 2.28. The van der Waals surface area contributed by atoms with E-state index in [0.717, 1.165) is 19.4 Å². The first-order valence-electron chi connectivity index (χ1n) is 5.67. The molecule has 1 saturated heterocycles. The van der Waals surface area contributed by atoms with Crippen LogP contribution < -0.4 is 0 Å². The molecule has 0 aliphatic carbocycles. The van der Waals surface area contributed by atoms with Crippen molar-refractivity contribution in [3.8, 4) is 0 Å². The summed E-state index contributed by atoms with van der Waals surface area (Å²) in [7, 11) is 0. The number of hydrogen-bond donors (Lipinski definition) is 2. The number of carboxylic acids is 1. The standard InChI is InChI=1S/C11H21NO3/c1-3-9(13)8-12-7-5-4-6-11(12,2)10(14)15/h9,13H,3-8H2,1-2H3,(H,14,15). The molecule has 15 heavy (non-hydrogen) atoms. The normalized spacial score (nSPS) is 30.1. The number of nitrogens with zero attached hydrogens (tertiary/aromatic N) is 1. The van der Waals surface area contributed by atoms with Crippen molar-refractivity contribution in [2.45, 2.75) is 51.2 Å². The van der Waals surface area contributed by atoms with Crippen molar-refractivity contribution >= 4 is 5.97 Å². The van der Waals surface area contributed by atoms with Crippen LogP contribution in [0.25, 0.3) is 0 Å². The minimum Gasteiger partial charge on any atom is -0.480 e. The van der Waals surface area contributed by atoms with Crippen LogP contribution >= 0.6 is 0 Å². The molecule has 0 aromatic heterocycles. The van der Waals surface area contributed by atoms with Gasteiger partial charge < -0.3 is 10.2 Å². The number of aliphatic carboxylic acids is 1. The van der Waals surface area contributed by atoms with E-state index in [1.165, 1.54) is 0 Å². The highest BCUT2D eigenvalue weighted by molar-refractivity contribution is 5.78. The van der Waals surface area contributed by atoms with Gasteiger partial charge >= 0.3 is 5.97 Å². The van der Waals surface area contributed by atoms with Gasteiger partial charge in [0.15, 0.2) is 0 Å². The summed E-state index contributed by atoms with van der Waals surface area (Å²) in [5.41, 5.74) is -0.783. The van der Waals surface area contributed by atoms with Crippen molar-refractivity contribution in [3.05, 3.63) is 0 Å². The SMILES string of the molecule is CCC(O)CN1CCCCC1(C)C(=O)O. The summed E-state index contributed by atoms with van der Waals surface area (Å²) in [5, 5.41) is 18.8. The fourth-order valence-corrected chi connectivity index (χ4v) is 2.10. The summed E-state index contributed by atoms with van der Waals surface area (Å²) >= 11 is 0. The van der Waals surface area contributed by atoms with E-state index in [2.05, 4.69) is 0 Å². The number of aliphatic hydroxyl groups is 1. The highest BCUT2D eigenvalue weighted by atomic mass is 16.4. The summed E-state index contributed by atoms with van der Waals surface area (Å²) < 4.78 is 0. The molecule has 0 saturated carbocycles. The van der Waals surface area contributed by atoms with Crippen LogP contribution in [0.5, 0.6) is 0 Å². The summed E-state index contributed by atoms with van der Waals surface area (Å²) in [6.45, 7) is 4.92. The zero-order chi connectivity index (χ0) is 11.5. The predicted molar refractivity (Wildman–Crippen MR) is 57.8 cm³/mol. The van der Waals surface area contributed by atoms with E-state index in [4.69, 9.17) is 0 Å². The Morgan fingerprint density at radius 1 is 1.53 bits per heavy atom. The molecule has 1 aliphatic rings. The maximum Gasteiger partial charge on any atom is 0.323 e. The van der Waals surface area contributed by atoms with Gasteiger partial charge in [0, 0.05) is 6.54 Å². The molecule has 0 aromatic carbocycles. The van der Waals surface area contributed by atoms with Crippen molar-refractivity contribution in [2.24, 2.45) is 0 Å². The van der Waals surface area contributed by atoms with Crippen molar-refractivity contribution in [2.75, 3.05) is 13.1 Å².